The summed E-state index contributed by atoms with van der Waals surface area (Å²) in [6.45, 7) is 3.70. The maximum absolute atomic E-state index is 14.4. The van der Waals surface area contributed by atoms with E-state index in [9.17, 15) is 18.0 Å². The average Bonchev–Trinajstić information content (AvgIpc) is 3.03. The zero-order chi connectivity index (χ0) is 31.7. The number of hydrogen-bond acceptors (Lipinski definition) is 4. The minimum absolute atomic E-state index is 0.00575. The first-order chi connectivity index (χ1) is 21.1. The number of nitrogens with one attached hydrogen (secondary N) is 1. The van der Waals surface area contributed by atoms with Crippen molar-refractivity contribution in [2.45, 2.75) is 44.2 Å². The first kappa shape index (κ1) is 33.1. The van der Waals surface area contributed by atoms with E-state index in [1.807, 2.05) is 74.5 Å². The van der Waals surface area contributed by atoms with Crippen LogP contribution in [0, 0.1) is 6.92 Å². The van der Waals surface area contributed by atoms with E-state index in [-0.39, 0.29) is 39.5 Å². The largest absolute Gasteiger partial charge is 0.354 e. The number of benzene rings is 4. The second-order valence-corrected chi connectivity index (χ2v) is 13.0. The molecule has 0 radical (unpaired) electrons. The molecule has 4 aromatic carbocycles. The van der Waals surface area contributed by atoms with Gasteiger partial charge in [-0.3, -0.25) is 13.9 Å². The van der Waals surface area contributed by atoms with Gasteiger partial charge in [0.2, 0.25) is 11.8 Å². The van der Waals surface area contributed by atoms with E-state index in [1.165, 1.54) is 23.1 Å². The number of sulfonamides is 1. The Morgan fingerprint density at radius 3 is 2.05 bits per heavy atom. The number of anilines is 1. The molecule has 44 heavy (non-hydrogen) atoms. The molecule has 0 aromatic heterocycles. The zero-order valence-electron chi connectivity index (χ0n) is 24.6. The zero-order valence-corrected chi connectivity index (χ0v) is 26.9. The molecule has 0 aliphatic rings. The molecule has 4 rings (SSSR count). The lowest BCUT2D eigenvalue weighted by atomic mass is 10.0. The molecule has 0 aliphatic heterocycles. The fourth-order valence-corrected chi connectivity index (χ4v) is 6.61. The highest BCUT2D eigenvalue weighted by molar-refractivity contribution is 7.92. The quantitative estimate of drug-likeness (QED) is 0.175. The van der Waals surface area contributed by atoms with Crippen LogP contribution in [0.4, 0.5) is 5.69 Å². The van der Waals surface area contributed by atoms with Crippen LogP contribution in [-0.4, -0.2) is 44.3 Å². The third-order valence-corrected chi connectivity index (χ3v) is 9.69. The summed E-state index contributed by atoms with van der Waals surface area (Å²) in [4.78, 5) is 29.5. The molecule has 0 aliphatic carbocycles. The highest BCUT2D eigenvalue weighted by Crippen LogP contribution is 2.35. The van der Waals surface area contributed by atoms with E-state index in [0.29, 0.717) is 13.0 Å². The van der Waals surface area contributed by atoms with Crippen molar-refractivity contribution in [3.63, 3.8) is 0 Å². The first-order valence-electron chi connectivity index (χ1n) is 14.3. The maximum Gasteiger partial charge on any atom is 0.264 e. The van der Waals surface area contributed by atoms with Gasteiger partial charge in [-0.05, 0) is 48.7 Å². The summed E-state index contributed by atoms with van der Waals surface area (Å²) in [5.41, 5.74) is 2.58. The molecule has 1 atom stereocenters. The smallest absolute Gasteiger partial charge is 0.264 e. The summed E-state index contributed by atoms with van der Waals surface area (Å²) in [6, 6.07) is 28.7. The van der Waals surface area contributed by atoms with Crippen LogP contribution in [0.3, 0.4) is 0 Å². The van der Waals surface area contributed by atoms with E-state index in [0.717, 1.165) is 21.0 Å². The monoisotopic (exact) mass is 651 g/mol. The summed E-state index contributed by atoms with van der Waals surface area (Å²) >= 11 is 12.9. The Morgan fingerprint density at radius 2 is 1.43 bits per heavy atom. The Bertz CT molecular complexity index is 1670. The van der Waals surface area contributed by atoms with Crippen LogP contribution in [0.5, 0.6) is 0 Å². The summed E-state index contributed by atoms with van der Waals surface area (Å²) in [6.07, 6.45) is 0.948. The van der Waals surface area contributed by atoms with Gasteiger partial charge in [-0.1, -0.05) is 115 Å². The van der Waals surface area contributed by atoms with Gasteiger partial charge >= 0.3 is 0 Å². The molecule has 0 saturated carbocycles. The van der Waals surface area contributed by atoms with E-state index in [1.54, 1.807) is 24.3 Å². The molecule has 4 aromatic rings. The van der Waals surface area contributed by atoms with E-state index in [2.05, 4.69) is 5.32 Å². The van der Waals surface area contributed by atoms with E-state index in [4.69, 9.17) is 23.2 Å². The topological polar surface area (TPSA) is 86.8 Å². The Hall–Kier alpha value is -3.85. The number of nitrogens with zero attached hydrogens (tertiary/aromatic N) is 2. The third kappa shape index (κ3) is 8.20. The van der Waals surface area contributed by atoms with Crippen LogP contribution in [0.1, 0.15) is 30.0 Å². The molecule has 0 saturated heterocycles. The van der Waals surface area contributed by atoms with Crippen molar-refractivity contribution in [1.82, 2.24) is 10.2 Å². The number of halogens is 2. The Labute approximate surface area is 269 Å². The molecule has 0 heterocycles. The SMILES string of the molecule is CCCNC(=O)[C@H](Cc1ccccc1)N(Cc1ccccc1)C(=O)CN(c1cccc(Cl)c1Cl)S(=O)(=O)c1ccc(C)cc1. The molecule has 0 fully saturated rings. The highest BCUT2D eigenvalue weighted by Gasteiger charge is 2.35. The number of hydrogen-bond donors (Lipinski definition) is 1. The van der Waals surface area contributed by atoms with Gasteiger partial charge in [0.05, 0.1) is 20.6 Å². The van der Waals surface area contributed by atoms with Crippen LogP contribution < -0.4 is 9.62 Å². The average molecular weight is 653 g/mol. The van der Waals surface area contributed by atoms with Gasteiger partial charge in [0.1, 0.15) is 12.6 Å². The van der Waals surface area contributed by atoms with Crippen molar-refractivity contribution in [1.29, 1.82) is 0 Å². The van der Waals surface area contributed by atoms with Crippen molar-refractivity contribution < 1.29 is 18.0 Å². The standard InChI is InChI=1S/C34H35Cl2N3O4S/c1-3-21-37-34(41)31(22-26-11-6-4-7-12-26)38(23-27-13-8-5-9-14-27)32(40)24-39(30-16-10-15-29(35)33(30)36)44(42,43)28-19-17-25(2)18-20-28/h4-20,31H,3,21-24H2,1-2H3,(H,37,41)/t31-/m0/s1. The molecular weight excluding hydrogens is 617 g/mol. The van der Waals surface area contributed by atoms with Gasteiger partial charge in [0.25, 0.3) is 10.0 Å². The minimum atomic E-state index is -4.29. The van der Waals surface area contributed by atoms with Crippen molar-refractivity contribution >= 4 is 50.7 Å². The van der Waals surface area contributed by atoms with E-state index >= 15 is 0 Å². The number of carbonyl (C=O) groups excluding carboxylic acids is 2. The number of rotatable bonds is 13. The van der Waals surface area contributed by atoms with Gasteiger partial charge in [0, 0.05) is 19.5 Å². The minimum Gasteiger partial charge on any atom is -0.354 e. The molecular formula is C34H35Cl2N3O4S. The molecule has 0 spiro atoms. The molecule has 0 unspecified atom stereocenters. The fraction of sp³-hybridized carbons (Fsp3) is 0.235. The van der Waals surface area contributed by atoms with Crippen LogP contribution in [0.15, 0.2) is 108 Å². The molecule has 10 heteroatoms. The summed E-state index contributed by atoms with van der Waals surface area (Å²) in [5, 5.41) is 3.07. The highest BCUT2D eigenvalue weighted by atomic mass is 35.5. The molecule has 230 valence electrons. The van der Waals surface area contributed by atoms with Crippen molar-refractivity contribution in [2.24, 2.45) is 0 Å². The second kappa shape index (κ2) is 15.2. The van der Waals surface area contributed by atoms with Crippen LogP contribution in [-0.2, 0) is 32.6 Å². The normalized spacial score (nSPS) is 11.9. The Balaban J connectivity index is 1.81. The van der Waals surface area contributed by atoms with E-state index < -0.39 is 28.5 Å². The number of aryl methyl sites for hydroxylation is 1. The predicted molar refractivity (Wildman–Crippen MR) is 176 cm³/mol. The van der Waals surface area contributed by atoms with Gasteiger partial charge < -0.3 is 10.2 Å². The van der Waals surface area contributed by atoms with Crippen molar-refractivity contribution in [3.05, 3.63) is 130 Å². The predicted octanol–water partition coefficient (Wildman–Crippen LogP) is 6.66. The van der Waals surface area contributed by atoms with Gasteiger partial charge in [-0.15, -0.1) is 0 Å². The Morgan fingerprint density at radius 1 is 0.818 bits per heavy atom. The van der Waals surface area contributed by atoms with Crippen molar-refractivity contribution in [3.8, 4) is 0 Å². The van der Waals surface area contributed by atoms with Gasteiger partial charge in [-0.2, -0.15) is 0 Å². The summed E-state index contributed by atoms with van der Waals surface area (Å²) < 4.78 is 29.2. The summed E-state index contributed by atoms with van der Waals surface area (Å²) in [7, 11) is -4.29. The summed E-state index contributed by atoms with van der Waals surface area (Å²) in [5.74, 6) is -0.901. The number of amides is 2. The lowest BCUT2D eigenvalue weighted by Crippen LogP contribution is -2.53. The molecule has 2 amide bonds. The fourth-order valence-electron chi connectivity index (χ4n) is 4.74. The Kier molecular flexibility index (Phi) is 11.4. The first-order valence-corrected chi connectivity index (χ1v) is 16.5. The number of carbonyl (C=O) groups is 2. The maximum atomic E-state index is 14.4. The van der Waals surface area contributed by atoms with Crippen molar-refractivity contribution in [2.75, 3.05) is 17.4 Å². The van der Waals surface area contributed by atoms with Crippen LogP contribution in [0.2, 0.25) is 10.0 Å². The second-order valence-electron chi connectivity index (χ2n) is 10.4. The van der Waals surface area contributed by atoms with Gasteiger partial charge in [-0.25, -0.2) is 8.42 Å². The van der Waals surface area contributed by atoms with Crippen LogP contribution in [0.25, 0.3) is 0 Å². The third-order valence-electron chi connectivity index (χ3n) is 7.10. The van der Waals surface area contributed by atoms with Crippen LogP contribution >= 0.6 is 23.2 Å². The lowest BCUT2D eigenvalue weighted by Gasteiger charge is -2.34. The van der Waals surface area contributed by atoms with Gasteiger partial charge in [0.15, 0.2) is 0 Å². The molecule has 7 nitrogen and oxygen atoms in total. The molecule has 0 bridgehead atoms. The lowest BCUT2D eigenvalue weighted by molar-refractivity contribution is -0.140. The molecule has 1 N–H and O–H groups in total.